The number of fused-ring (bicyclic) bond motifs is 1. The highest BCUT2D eigenvalue weighted by Crippen LogP contribution is 2.32. The fourth-order valence-electron chi connectivity index (χ4n) is 2.13. The van der Waals surface area contributed by atoms with Gasteiger partial charge in [0.1, 0.15) is 17.6 Å². The summed E-state index contributed by atoms with van der Waals surface area (Å²) in [7, 11) is 1.38. The van der Waals surface area contributed by atoms with Crippen LogP contribution in [-0.4, -0.2) is 34.2 Å². The molecule has 0 saturated heterocycles. The molecule has 2 N–H and O–H groups in total. The minimum atomic E-state index is -4.76. The highest BCUT2D eigenvalue weighted by molar-refractivity contribution is 5.91. The molecule has 130 valence electrons. The Hall–Kier alpha value is -2.58. The summed E-state index contributed by atoms with van der Waals surface area (Å²) in [6.45, 7) is 3.28. The number of methoxy groups -OCH3 is 1. The van der Waals surface area contributed by atoms with E-state index in [0.717, 1.165) is 0 Å². The first-order chi connectivity index (χ1) is 11.1. The summed E-state index contributed by atoms with van der Waals surface area (Å²) in [5, 5.41) is 12.1. The lowest BCUT2D eigenvalue weighted by Gasteiger charge is -2.20. The summed E-state index contributed by atoms with van der Waals surface area (Å²) in [6.07, 6.45) is -4.76. The molecule has 0 radical (unpaired) electrons. The largest absolute Gasteiger partial charge is 0.497 e. The minimum Gasteiger partial charge on any atom is -0.497 e. The molecule has 24 heavy (non-hydrogen) atoms. The Labute approximate surface area is 135 Å². The van der Waals surface area contributed by atoms with Gasteiger partial charge in [0.05, 0.1) is 12.6 Å². The van der Waals surface area contributed by atoms with Crippen molar-refractivity contribution in [3.05, 3.63) is 24.0 Å². The van der Waals surface area contributed by atoms with E-state index in [2.05, 4.69) is 15.3 Å². The van der Waals surface area contributed by atoms with E-state index in [1.807, 2.05) is 0 Å². The first-order valence-electron chi connectivity index (χ1n) is 7.05. The number of aromatic nitrogens is 2. The molecular formula is C15H16F3N3O3. The number of nitrogens with one attached hydrogen (secondary N) is 1. The van der Waals surface area contributed by atoms with Crippen LogP contribution in [0.2, 0.25) is 0 Å². The fourth-order valence-corrected chi connectivity index (χ4v) is 2.13. The maximum absolute atomic E-state index is 13.0. The maximum atomic E-state index is 13.0. The van der Waals surface area contributed by atoms with Gasteiger partial charge in [0.2, 0.25) is 5.82 Å². The average molecular weight is 343 g/mol. The fraction of sp³-hybridized carbons (Fsp3) is 0.400. The summed E-state index contributed by atoms with van der Waals surface area (Å²) < 4.78 is 44.1. The molecule has 0 fully saturated rings. The zero-order chi connectivity index (χ0) is 18.1. The predicted octanol–water partition coefficient (Wildman–Crippen LogP) is 3.18. The number of hydrogen-bond acceptors (Lipinski definition) is 5. The van der Waals surface area contributed by atoms with Crippen molar-refractivity contribution in [1.82, 2.24) is 9.97 Å². The van der Waals surface area contributed by atoms with Crippen LogP contribution in [0, 0.1) is 5.92 Å². The number of rotatable bonds is 5. The zero-order valence-electron chi connectivity index (χ0n) is 13.2. The van der Waals surface area contributed by atoms with Crippen molar-refractivity contribution in [3.63, 3.8) is 0 Å². The van der Waals surface area contributed by atoms with Gasteiger partial charge in [-0.3, -0.25) is 0 Å². The van der Waals surface area contributed by atoms with E-state index in [0.29, 0.717) is 5.75 Å². The van der Waals surface area contributed by atoms with E-state index in [9.17, 15) is 23.1 Å². The molecule has 6 nitrogen and oxygen atoms in total. The molecule has 0 aliphatic carbocycles. The molecule has 1 heterocycles. The average Bonchev–Trinajstić information content (AvgIpc) is 2.49. The summed E-state index contributed by atoms with van der Waals surface area (Å²) >= 11 is 0. The van der Waals surface area contributed by atoms with E-state index in [1.165, 1.54) is 25.3 Å². The van der Waals surface area contributed by atoms with Crippen molar-refractivity contribution in [3.8, 4) is 5.75 Å². The summed E-state index contributed by atoms with van der Waals surface area (Å²) in [4.78, 5) is 18.3. The normalized spacial score (nSPS) is 13.1. The zero-order valence-corrected chi connectivity index (χ0v) is 13.2. The van der Waals surface area contributed by atoms with Crippen LogP contribution in [-0.2, 0) is 11.0 Å². The van der Waals surface area contributed by atoms with E-state index in [-0.39, 0.29) is 22.6 Å². The molecule has 2 aromatic rings. The number of anilines is 1. The molecule has 1 aromatic carbocycles. The van der Waals surface area contributed by atoms with Gasteiger partial charge in [-0.2, -0.15) is 13.2 Å². The summed E-state index contributed by atoms with van der Waals surface area (Å²) in [6, 6.07) is 3.26. The van der Waals surface area contributed by atoms with Gasteiger partial charge in [-0.05, 0) is 18.1 Å². The van der Waals surface area contributed by atoms with E-state index < -0.39 is 24.0 Å². The number of halogens is 3. The molecule has 0 spiro atoms. The number of benzene rings is 1. The second-order valence-electron chi connectivity index (χ2n) is 5.48. The molecule has 2 rings (SSSR count). The lowest BCUT2D eigenvalue weighted by atomic mass is 10.0. The third-order valence-electron chi connectivity index (χ3n) is 3.38. The predicted molar refractivity (Wildman–Crippen MR) is 81.0 cm³/mol. The molecule has 9 heteroatoms. The first kappa shape index (κ1) is 17.8. The Bertz CT molecular complexity index is 763. The second kappa shape index (κ2) is 6.50. The number of hydrogen-bond donors (Lipinski definition) is 2. The number of alkyl halides is 3. The van der Waals surface area contributed by atoms with E-state index in [4.69, 9.17) is 4.74 Å². The van der Waals surface area contributed by atoms with Crippen LogP contribution >= 0.6 is 0 Å². The van der Waals surface area contributed by atoms with Crippen molar-refractivity contribution in [2.75, 3.05) is 12.4 Å². The summed E-state index contributed by atoms with van der Waals surface area (Å²) in [5.41, 5.74) is 0.00655. The van der Waals surface area contributed by atoms with Crippen molar-refractivity contribution in [2.45, 2.75) is 26.1 Å². The van der Waals surface area contributed by atoms with Crippen molar-refractivity contribution >= 4 is 22.7 Å². The van der Waals surface area contributed by atoms with Crippen molar-refractivity contribution < 1.29 is 27.8 Å². The Morgan fingerprint density at radius 1 is 1.29 bits per heavy atom. The lowest BCUT2D eigenvalue weighted by molar-refractivity contribution is -0.144. The van der Waals surface area contributed by atoms with Gasteiger partial charge in [-0.25, -0.2) is 14.8 Å². The van der Waals surface area contributed by atoms with Crippen LogP contribution in [0.15, 0.2) is 18.2 Å². The Kier molecular flexibility index (Phi) is 4.81. The van der Waals surface area contributed by atoms with Crippen LogP contribution in [0.4, 0.5) is 19.0 Å². The topological polar surface area (TPSA) is 84.3 Å². The van der Waals surface area contributed by atoms with Gasteiger partial charge >= 0.3 is 12.1 Å². The van der Waals surface area contributed by atoms with Crippen LogP contribution in [0.3, 0.4) is 0 Å². The maximum Gasteiger partial charge on any atom is 0.451 e. The third-order valence-corrected chi connectivity index (χ3v) is 3.38. The quantitative estimate of drug-likeness (QED) is 0.867. The van der Waals surface area contributed by atoms with Gasteiger partial charge in [0, 0.05) is 11.5 Å². The van der Waals surface area contributed by atoms with Gasteiger partial charge in [0.15, 0.2) is 0 Å². The Morgan fingerprint density at radius 2 is 1.96 bits per heavy atom. The van der Waals surface area contributed by atoms with Crippen LogP contribution in [0.1, 0.15) is 19.7 Å². The standard InChI is InChI=1S/C15H16F3N3O3/c1-7(2)11(13(22)23)20-12-9-5-4-8(24-3)6-10(9)19-14(21-12)15(16,17)18/h4-7,11H,1-3H3,(H,22,23)(H,19,20,21). The molecule has 1 unspecified atom stereocenters. The molecule has 0 aliphatic heterocycles. The second-order valence-corrected chi connectivity index (χ2v) is 5.48. The molecule has 1 aromatic heterocycles. The monoisotopic (exact) mass is 343 g/mol. The molecule has 1 atom stereocenters. The number of carbonyl (C=O) groups is 1. The van der Waals surface area contributed by atoms with E-state index >= 15 is 0 Å². The Morgan fingerprint density at radius 3 is 2.46 bits per heavy atom. The molecule has 0 bridgehead atoms. The summed E-state index contributed by atoms with van der Waals surface area (Å²) in [5.74, 6) is -2.74. The number of carboxylic acid groups (broad SMARTS) is 1. The first-order valence-corrected chi connectivity index (χ1v) is 7.05. The minimum absolute atomic E-state index is 0.00655. The molecule has 0 saturated carbocycles. The van der Waals surface area contributed by atoms with Gasteiger partial charge < -0.3 is 15.2 Å². The number of ether oxygens (including phenoxy) is 1. The van der Waals surface area contributed by atoms with Gasteiger partial charge in [0.25, 0.3) is 0 Å². The van der Waals surface area contributed by atoms with Gasteiger partial charge in [-0.1, -0.05) is 13.8 Å². The third kappa shape index (κ3) is 3.66. The van der Waals surface area contributed by atoms with Gasteiger partial charge in [-0.15, -0.1) is 0 Å². The van der Waals surface area contributed by atoms with Crippen molar-refractivity contribution in [1.29, 1.82) is 0 Å². The van der Waals surface area contributed by atoms with Crippen LogP contribution < -0.4 is 10.1 Å². The lowest BCUT2D eigenvalue weighted by Crippen LogP contribution is -2.35. The van der Waals surface area contributed by atoms with Crippen molar-refractivity contribution in [2.24, 2.45) is 5.92 Å². The number of aliphatic carboxylic acids is 1. The number of carboxylic acids is 1. The molecule has 0 aliphatic rings. The highest BCUT2D eigenvalue weighted by Gasteiger charge is 2.36. The smallest absolute Gasteiger partial charge is 0.451 e. The Balaban J connectivity index is 2.63. The van der Waals surface area contributed by atoms with E-state index in [1.54, 1.807) is 13.8 Å². The van der Waals surface area contributed by atoms with Crippen LogP contribution in [0.5, 0.6) is 5.75 Å². The molecular weight excluding hydrogens is 327 g/mol. The molecule has 0 amide bonds. The highest BCUT2D eigenvalue weighted by atomic mass is 19.4. The van der Waals surface area contributed by atoms with Crippen LogP contribution in [0.25, 0.3) is 10.9 Å². The number of nitrogens with zero attached hydrogens (tertiary/aromatic N) is 2. The SMILES string of the molecule is COc1ccc2c(NC(C(=O)O)C(C)C)nc(C(F)(F)F)nc2c1.